The number of esters is 1. The van der Waals surface area contributed by atoms with E-state index in [9.17, 15) is 14.0 Å². The second-order valence-electron chi connectivity index (χ2n) is 5.05. The van der Waals surface area contributed by atoms with Gasteiger partial charge in [-0.1, -0.05) is 18.2 Å². The Morgan fingerprint density at radius 3 is 2.79 bits per heavy atom. The average Bonchev–Trinajstić information content (AvgIpc) is 2.89. The molecule has 1 heterocycles. The van der Waals surface area contributed by atoms with Crippen LogP contribution in [-0.2, 0) is 22.7 Å². The molecule has 6 nitrogen and oxygen atoms in total. The number of hydrogen-bond donors (Lipinski definition) is 0. The first-order valence-electron chi connectivity index (χ1n) is 7.15. The highest BCUT2D eigenvalue weighted by atomic mass is 19.1. The zero-order valence-corrected chi connectivity index (χ0v) is 12.8. The minimum absolute atomic E-state index is 0.107. The Bertz CT molecular complexity index is 944. The Kier molecular flexibility index (Phi) is 4.33. The minimum Gasteiger partial charge on any atom is -0.494 e. The lowest BCUT2D eigenvalue weighted by molar-refractivity contribution is -0.145. The Morgan fingerprint density at radius 2 is 2.04 bits per heavy atom. The van der Waals surface area contributed by atoms with Gasteiger partial charge in [0.15, 0.2) is 17.1 Å². The fourth-order valence-electron chi connectivity index (χ4n) is 2.30. The molecule has 3 aromatic rings. The normalized spacial score (nSPS) is 10.8. The third-order valence-electron chi connectivity index (χ3n) is 3.48. The largest absolute Gasteiger partial charge is 0.494 e. The lowest BCUT2D eigenvalue weighted by Crippen LogP contribution is -2.21. The summed E-state index contributed by atoms with van der Waals surface area (Å²) < 4.78 is 29.7. The van der Waals surface area contributed by atoms with E-state index in [1.54, 1.807) is 30.3 Å². The van der Waals surface area contributed by atoms with Gasteiger partial charge in [0, 0.05) is 0 Å². The number of methoxy groups -OCH3 is 1. The molecule has 0 aliphatic rings. The van der Waals surface area contributed by atoms with Gasteiger partial charge in [-0.05, 0) is 29.8 Å². The van der Waals surface area contributed by atoms with Crippen molar-refractivity contribution < 1.29 is 23.1 Å². The summed E-state index contributed by atoms with van der Waals surface area (Å²) in [5, 5.41) is 0. The molecule has 0 aliphatic heterocycles. The summed E-state index contributed by atoms with van der Waals surface area (Å²) in [4.78, 5) is 23.7. The fraction of sp³-hybridized carbons (Fsp3) is 0.176. The van der Waals surface area contributed by atoms with Crippen molar-refractivity contribution >= 4 is 17.1 Å². The van der Waals surface area contributed by atoms with E-state index < -0.39 is 17.5 Å². The van der Waals surface area contributed by atoms with E-state index >= 15 is 0 Å². The molecule has 2 aromatic carbocycles. The number of aromatic nitrogens is 1. The summed E-state index contributed by atoms with van der Waals surface area (Å²) in [7, 11) is 1.37. The van der Waals surface area contributed by atoms with Crippen molar-refractivity contribution in [1.29, 1.82) is 0 Å². The number of ether oxygens (including phenoxy) is 2. The molecular weight excluding hydrogens is 317 g/mol. The second kappa shape index (κ2) is 6.57. The summed E-state index contributed by atoms with van der Waals surface area (Å²) in [6.45, 7) is -0.390. The molecule has 0 unspecified atom stereocenters. The van der Waals surface area contributed by atoms with Gasteiger partial charge in [0.1, 0.15) is 13.2 Å². The number of carbonyl (C=O) groups excluding carboxylic acids is 1. The van der Waals surface area contributed by atoms with Crippen LogP contribution in [0.2, 0.25) is 0 Å². The maximum Gasteiger partial charge on any atom is 0.420 e. The van der Waals surface area contributed by atoms with Crippen molar-refractivity contribution in [2.75, 3.05) is 7.11 Å². The summed E-state index contributed by atoms with van der Waals surface area (Å²) in [5.74, 6) is -1.69. The molecule has 0 aliphatic carbocycles. The molecule has 0 fully saturated rings. The number of halogens is 1. The molecule has 0 bridgehead atoms. The predicted molar refractivity (Wildman–Crippen MR) is 83.2 cm³/mol. The molecule has 7 heteroatoms. The number of nitrogens with zero attached hydrogens (tertiary/aromatic N) is 1. The van der Waals surface area contributed by atoms with Gasteiger partial charge in [-0.3, -0.25) is 9.36 Å². The minimum atomic E-state index is -0.636. The molecular formula is C17H14FNO5. The molecule has 0 amide bonds. The number of benzene rings is 2. The van der Waals surface area contributed by atoms with E-state index in [-0.39, 0.29) is 18.9 Å². The third-order valence-corrected chi connectivity index (χ3v) is 3.48. The summed E-state index contributed by atoms with van der Waals surface area (Å²) in [6.07, 6.45) is 0. The first-order chi connectivity index (χ1) is 11.6. The first-order valence-corrected chi connectivity index (χ1v) is 7.15. The van der Waals surface area contributed by atoms with Crippen molar-refractivity contribution in [3.8, 4) is 5.75 Å². The van der Waals surface area contributed by atoms with Gasteiger partial charge < -0.3 is 13.9 Å². The third kappa shape index (κ3) is 3.15. The van der Waals surface area contributed by atoms with Crippen LogP contribution in [-0.4, -0.2) is 17.6 Å². The lowest BCUT2D eigenvalue weighted by Gasteiger charge is -2.07. The smallest absolute Gasteiger partial charge is 0.420 e. The van der Waals surface area contributed by atoms with Gasteiger partial charge in [-0.15, -0.1) is 0 Å². The van der Waals surface area contributed by atoms with Crippen LogP contribution in [0.5, 0.6) is 5.75 Å². The van der Waals surface area contributed by atoms with Crippen molar-refractivity contribution in [3.05, 3.63) is 64.4 Å². The van der Waals surface area contributed by atoms with Gasteiger partial charge in [0.05, 0.1) is 12.6 Å². The Hall–Kier alpha value is -3.09. The van der Waals surface area contributed by atoms with Crippen LogP contribution < -0.4 is 10.5 Å². The van der Waals surface area contributed by atoms with Crippen molar-refractivity contribution in [2.45, 2.75) is 13.2 Å². The van der Waals surface area contributed by atoms with E-state index in [1.807, 2.05) is 0 Å². The zero-order chi connectivity index (χ0) is 17.1. The quantitative estimate of drug-likeness (QED) is 0.672. The van der Waals surface area contributed by atoms with Crippen LogP contribution in [0, 0.1) is 5.82 Å². The molecule has 24 heavy (non-hydrogen) atoms. The van der Waals surface area contributed by atoms with Crippen LogP contribution in [0.4, 0.5) is 4.39 Å². The van der Waals surface area contributed by atoms with Crippen LogP contribution >= 0.6 is 0 Å². The number of carbonyl (C=O) groups is 1. The SMILES string of the molecule is COc1ccc(COC(=O)Cn2c(=O)oc3ccccc32)cc1F. The summed E-state index contributed by atoms with van der Waals surface area (Å²) in [5.41, 5.74) is 1.38. The van der Waals surface area contributed by atoms with Gasteiger partial charge in [-0.2, -0.15) is 0 Å². The predicted octanol–water partition coefficient (Wildman–Crippen LogP) is 2.49. The molecule has 0 atom stereocenters. The highest BCUT2D eigenvalue weighted by molar-refractivity contribution is 5.76. The zero-order valence-electron chi connectivity index (χ0n) is 12.8. The maximum absolute atomic E-state index is 13.6. The summed E-state index contributed by atoms with van der Waals surface area (Å²) in [6, 6.07) is 11.0. The van der Waals surface area contributed by atoms with Crippen LogP contribution in [0.15, 0.2) is 51.7 Å². The van der Waals surface area contributed by atoms with E-state index in [1.165, 1.54) is 23.8 Å². The van der Waals surface area contributed by atoms with Crippen molar-refractivity contribution in [2.24, 2.45) is 0 Å². The Labute approximate surface area is 136 Å². The molecule has 1 aromatic heterocycles. The monoisotopic (exact) mass is 331 g/mol. The van der Waals surface area contributed by atoms with Gasteiger partial charge >= 0.3 is 11.7 Å². The molecule has 0 N–H and O–H groups in total. The van der Waals surface area contributed by atoms with Crippen molar-refractivity contribution in [3.63, 3.8) is 0 Å². The van der Waals surface area contributed by atoms with Crippen LogP contribution in [0.3, 0.4) is 0 Å². The highest BCUT2D eigenvalue weighted by Crippen LogP contribution is 2.18. The van der Waals surface area contributed by atoms with Gasteiger partial charge in [0.2, 0.25) is 0 Å². The molecule has 3 rings (SSSR count). The number of fused-ring (bicyclic) bond motifs is 1. The Morgan fingerprint density at radius 1 is 1.25 bits per heavy atom. The fourth-order valence-corrected chi connectivity index (χ4v) is 2.30. The molecule has 0 spiro atoms. The second-order valence-corrected chi connectivity index (χ2v) is 5.05. The molecule has 0 saturated heterocycles. The molecule has 124 valence electrons. The molecule has 0 radical (unpaired) electrons. The number of hydrogen-bond acceptors (Lipinski definition) is 5. The van der Waals surface area contributed by atoms with Crippen LogP contribution in [0.1, 0.15) is 5.56 Å². The number of para-hydroxylation sites is 2. The number of rotatable bonds is 5. The van der Waals surface area contributed by atoms with E-state index in [4.69, 9.17) is 13.9 Å². The van der Waals surface area contributed by atoms with Crippen molar-refractivity contribution in [1.82, 2.24) is 4.57 Å². The summed E-state index contributed by atoms with van der Waals surface area (Å²) >= 11 is 0. The van der Waals surface area contributed by atoms with Crippen LogP contribution in [0.25, 0.3) is 11.1 Å². The van der Waals surface area contributed by atoms with Gasteiger partial charge in [-0.25, -0.2) is 9.18 Å². The lowest BCUT2D eigenvalue weighted by atomic mass is 10.2. The van der Waals surface area contributed by atoms with E-state index in [2.05, 4.69) is 0 Å². The first kappa shape index (κ1) is 15.8. The van der Waals surface area contributed by atoms with Gasteiger partial charge in [0.25, 0.3) is 0 Å². The van der Waals surface area contributed by atoms with E-state index in [0.717, 1.165) is 0 Å². The average molecular weight is 331 g/mol. The molecule has 0 saturated carbocycles. The maximum atomic E-state index is 13.6. The topological polar surface area (TPSA) is 70.7 Å². The van der Waals surface area contributed by atoms with E-state index in [0.29, 0.717) is 16.7 Å². The standard InChI is InChI=1S/C17H14FNO5/c1-22-14-7-6-11(8-12(14)18)10-23-16(20)9-19-13-4-2-3-5-15(13)24-17(19)21/h2-8H,9-10H2,1H3. The Balaban J connectivity index is 1.68. The highest BCUT2D eigenvalue weighted by Gasteiger charge is 2.13. The number of oxazole rings is 1.